The number of amides is 1. The summed E-state index contributed by atoms with van der Waals surface area (Å²) >= 11 is 0. The molecule has 0 atom stereocenters. The van der Waals surface area contributed by atoms with Crippen molar-refractivity contribution in [1.29, 1.82) is 0 Å². The highest BCUT2D eigenvalue weighted by molar-refractivity contribution is 5.94. The van der Waals surface area contributed by atoms with Crippen molar-refractivity contribution in [3.05, 3.63) is 56.5 Å². The van der Waals surface area contributed by atoms with Gasteiger partial charge in [0.05, 0.1) is 16.6 Å². The SMILES string of the molecule is Cc1c(C(=O)OCCNC(=O)c2ccc([N+](=O)[O-])cc2)no[n+]1[O-]. The second kappa shape index (κ2) is 7.17. The Bertz CT molecular complexity index is 769. The minimum atomic E-state index is -0.851. The lowest BCUT2D eigenvalue weighted by Gasteiger charge is -2.05. The lowest BCUT2D eigenvalue weighted by Crippen LogP contribution is -2.29. The molecule has 0 aliphatic heterocycles. The van der Waals surface area contributed by atoms with Crippen molar-refractivity contribution in [2.45, 2.75) is 6.92 Å². The van der Waals surface area contributed by atoms with E-state index < -0.39 is 16.8 Å². The highest BCUT2D eigenvalue weighted by atomic mass is 16.8. The molecule has 0 fully saturated rings. The number of rotatable bonds is 6. The van der Waals surface area contributed by atoms with E-state index >= 15 is 0 Å². The van der Waals surface area contributed by atoms with Crippen LogP contribution in [0, 0.1) is 22.2 Å². The number of carbonyl (C=O) groups is 2. The number of nitro groups is 1. The molecule has 24 heavy (non-hydrogen) atoms. The van der Waals surface area contributed by atoms with Gasteiger partial charge in [-0.25, -0.2) is 4.79 Å². The van der Waals surface area contributed by atoms with Gasteiger partial charge in [0.15, 0.2) is 0 Å². The second-order valence-electron chi connectivity index (χ2n) is 4.56. The number of non-ortho nitro benzene ring substituents is 1. The Kier molecular flexibility index (Phi) is 5.04. The van der Waals surface area contributed by atoms with Gasteiger partial charge in [0.1, 0.15) is 6.61 Å². The summed E-state index contributed by atoms with van der Waals surface area (Å²) in [6.07, 6.45) is 0. The van der Waals surface area contributed by atoms with Crippen LogP contribution in [0.2, 0.25) is 0 Å². The number of carbonyl (C=O) groups excluding carboxylic acids is 2. The number of ether oxygens (including phenoxy) is 1. The zero-order valence-electron chi connectivity index (χ0n) is 12.4. The molecule has 11 heteroatoms. The summed E-state index contributed by atoms with van der Waals surface area (Å²) < 4.78 is 9.08. The molecule has 11 nitrogen and oxygen atoms in total. The number of esters is 1. The summed E-state index contributed by atoms with van der Waals surface area (Å²) in [6, 6.07) is 5.04. The first-order valence-corrected chi connectivity index (χ1v) is 6.66. The first-order valence-electron chi connectivity index (χ1n) is 6.66. The maximum absolute atomic E-state index is 11.8. The topological polar surface area (TPSA) is 152 Å². The fourth-order valence-electron chi connectivity index (χ4n) is 1.69. The molecule has 1 aromatic carbocycles. The van der Waals surface area contributed by atoms with E-state index in [0.717, 1.165) is 0 Å². The molecule has 0 bridgehead atoms. The fraction of sp³-hybridized carbons (Fsp3) is 0.231. The molecular formula is C13H12N4O7. The summed E-state index contributed by atoms with van der Waals surface area (Å²) in [7, 11) is 0. The van der Waals surface area contributed by atoms with Crippen molar-refractivity contribution in [3.8, 4) is 0 Å². The van der Waals surface area contributed by atoms with Crippen molar-refractivity contribution < 1.29 is 28.8 Å². The molecule has 0 unspecified atom stereocenters. The number of nitro benzene ring substituents is 1. The quantitative estimate of drug-likeness (QED) is 0.256. The monoisotopic (exact) mass is 336 g/mol. The van der Waals surface area contributed by atoms with Crippen LogP contribution in [-0.2, 0) is 4.74 Å². The Morgan fingerprint density at radius 3 is 2.58 bits per heavy atom. The van der Waals surface area contributed by atoms with Crippen LogP contribution < -0.4 is 10.2 Å². The van der Waals surface area contributed by atoms with E-state index in [2.05, 4.69) is 15.1 Å². The fourth-order valence-corrected chi connectivity index (χ4v) is 1.69. The lowest BCUT2D eigenvalue weighted by molar-refractivity contribution is -0.806. The van der Waals surface area contributed by atoms with Crippen LogP contribution in [0.5, 0.6) is 0 Å². The zero-order chi connectivity index (χ0) is 17.7. The molecule has 1 amide bonds. The lowest BCUT2D eigenvalue weighted by atomic mass is 10.2. The van der Waals surface area contributed by atoms with Crippen molar-refractivity contribution in [2.24, 2.45) is 0 Å². The van der Waals surface area contributed by atoms with Gasteiger partial charge >= 0.3 is 11.7 Å². The Balaban J connectivity index is 1.79. The van der Waals surface area contributed by atoms with Gasteiger partial charge in [0, 0.05) is 24.6 Å². The molecule has 0 aliphatic carbocycles. The van der Waals surface area contributed by atoms with Crippen molar-refractivity contribution >= 4 is 17.6 Å². The average molecular weight is 336 g/mol. The van der Waals surface area contributed by atoms with E-state index in [1.165, 1.54) is 31.2 Å². The molecule has 0 aliphatic rings. The summed E-state index contributed by atoms with van der Waals surface area (Å²) in [6.45, 7) is 1.20. The van der Waals surface area contributed by atoms with Crippen molar-refractivity contribution in [3.63, 3.8) is 0 Å². The number of nitrogens with zero attached hydrogens (tertiary/aromatic N) is 3. The molecule has 126 valence electrons. The number of benzene rings is 1. The number of aromatic nitrogens is 2. The highest BCUT2D eigenvalue weighted by Gasteiger charge is 2.24. The van der Waals surface area contributed by atoms with Gasteiger partial charge in [-0.15, -0.1) is 0 Å². The molecule has 1 aromatic heterocycles. The third kappa shape index (κ3) is 3.82. The predicted octanol–water partition coefficient (Wildman–Crippen LogP) is 0.111. The minimum absolute atomic E-state index is 0.00976. The molecule has 1 heterocycles. The highest BCUT2D eigenvalue weighted by Crippen LogP contribution is 2.11. The first-order chi connectivity index (χ1) is 11.4. The zero-order valence-corrected chi connectivity index (χ0v) is 12.4. The van der Waals surface area contributed by atoms with E-state index in [9.17, 15) is 24.9 Å². The van der Waals surface area contributed by atoms with Gasteiger partial charge in [-0.1, -0.05) is 0 Å². The van der Waals surface area contributed by atoms with Gasteiger partial charge in [0.2, 0.25) is 5.69 Å². The largest absolute Gasteiger partial charge is 0.457 e. The summed E-state index contributed by atoms with van der Waals surface area (Å²) in [4.78, 5) is 33.5. The summed E-state index contributed by atoms with van der Waals surface area (Å²) in [5.41, 5.74) is -0.174. The molecule has 0 saturated carbocycles. The van der Waals surface area contributed by atoms with Crippen LogP contribution in [0.3, 0.4) is 0 Å². The normalized spacial score (nSPS) is 10.2. The van der Waals surface area contributed by atoms with Crippen LogP contribution in [0.4, 0.5) is 5.69 Å². The first kappa shape index (κ1) is 16.9. The summed E-state index contributed by atoms with van der Waals surface area (Å²) in [5.74, 6) is -1.33. The molecule has 1 N–H and O–H groups in total. The molecular weight excluding hydrogens is 324 g/mol. The van der Waals surface area contributed by atoms with Gasteiger partial charge < -0.3 is 15.3 Å². The number of hydrogen-bond acceptors (Lipinski definition) is 8. The van der Waals surface area contributed by atoms with E-state index in [4.69, 9.17) is 4.74 Å². The molecule has 2 rings (SSSR count). The van der Waals surface area contributed by atoms with E-state index in [0.29, 0.717) is 0 Å². The number of nitrogens with one attached hydrogen (secondary N) is 1. The smallest absolute Gasteiger partial charge is 0.389 e. The summed E-state index contributed by atoms with van der Waals surface area (Å²) in [5, 5.41) is 27.2. The van der Waals surface area contributed by atoms with Crippen LogP contribution in [-0.4, -0.2) is 35.1 Å². The van der Waals surface area contributed by atoms with Gasteiger partial charge in [-0.2, -0.15) is 0 Å². The van der Waals surface area contributed by atoms with Gasteiger partial charge in [-0.3, -0.25) is 19.5 Å². The van der Waals surface area contributed by atoms with E-state index in [1.54, 1.807) is 0 Å². The average Bonchev–Trinajstić information content (AvgIpc) is 2.90. The Morgan fingerprint density at radius 2 is 2.04 bits per heavy atom. The molecule has 0 radical (unpaired) electrons. The van der Waals surface area contributed by atoms with Crippen molar-refractivity contribution in [2.75, 3.05) is 13.2 Å². The van der Waals surface area contributed by atoms with Gasteiger partial charge in [-0.05, 0) is 17.0 Å². The van der Waals surface area contributed by atoms with E-state index in [-0.39, 0.29) is 40.7 Å². The van der Waals surface area contributed by atoms with Crippen LogP contribution >= 0.6 is 0 Å². The second-order valence-corrected chi connectivity index (χ2v) is 4.56. The Labute approximate surface area is 134 Å². The van der Waals surface area contributed by atoms with Crippen LogP contribution in [0.1, 0.15) is 26.5 Å². The predicted molar refractivity (Wildman–Crippen MR) is 75.9 cm³/mol. The van der Waals surface area contributed by atoms with Gasteiger partial charge in [0.25, 0.3) is 11.6 Å². The molecule has 2 aromatic rings. The number of hydrogen-bond donors (Lipinski definition) is 1. The van der Waals surface area contributed by atoms with E-state index in [1.807, 2.05) is 0 Å². The maximum atomic E-state index is 11.8. The molecule has 0 saturated heterocycles. The Morgan fingerprint density at radius 1 is 1.38 bits per heavy atom. The molecule has 0 spiro atoms. The Hall–Kier alpha value is -3.50. The van der Waals surface area contributed by atoms with Crippen LogP contribution in [0.25, 0.3) is 0 Å². The maximum Gasteiger partial charge on any atom is 0.389 e. The minimum Gasteiger partial charge on any atom is -0.457 e. The third-order valence-electron chi connectivity index (χ3n) is 2.98. The van der Waals surface area contributed by atoms with Crippen molar-refractivity contribution in [1.82, 2.24) is 10.5 Å². The third-order valence-corrected chi connectivity index (χ3v) is 2.98. The standard InChI is InChI=1S/C13H12N4O7/c1-8-11(15-24-17(8)22)13(19)23-7-6-14-12(18)9-2-4-10(5-3-9)16(20)21/h2-5H,6-7H2,1H3,(H,14,18). The van der Waals surface area contributed by atoms with Crippen LogP contribution in [0.15, 0.2) is 28.9 Å².